The summed E-state index contributed by atoms with van der Waals surface area (Å²) in [6.45, 7) is 10.8. The van der Waals surface area contributed by atoms with Crippen molar-refractivity contribution < 1.29 is 52.3 Å². The van der Waals surface area contributed by atoms with Crippen molar-refractivity contribution in [1.29, 1.82) is 0 Å². The third-order valence-electron chi connectivity index (χ3n) is 4.32. The van der Waals surface area contributed by atoms with Crippen molar-refractivity contribution in [3.05, 3.63) is 0 Å². The van der Waals surface area contributed by atoms with Gasteiger partial charge in [-0.1, -0.05) is 6.92 Å². The molecule has 3 amide bonds. The molecule has 0 heterocycles. The minimum Gasteiger partial charge on any atom is -0.447 e. The van der Waals surface area contributed by atoms with E-state index in [-0.39, 0.29) is 45.2 Å². The zero-order chi connectivity index (χ0) is 31.0. The van der Waals surface area contributed by atoms with Gasteiger partial charge in [0.15, 0.2) is 0 Å². The second-order valence-electron chi connectivity index (χ2n) is 8.14. The monoisotopic (exact) mass is 633 g/mol. The normalized spacial score (nSPS) is 11.9. The molecular formula is C25H51N3O11S2. The van der Waals surface area contributed by atoms with Crippen LogP contribution in [-0.4, -0.2) is 135 Å². The minimum absolute atomic E-state index is 0.0239. The van der Waals surface area contributed by atoms with E-state index in [0.717, 1.165) is 6.42 Å². The Morgan fingerprint density at radius 3 is 1.39 bits per heavy atom. The predicted molar refractivity (Wildman–Crippen MR) is 160 cm³/mol. The van der Waals surface area contributed by atoms with Gasteiger partial charge < -0.3 is 53.8 Å². The lowest BCUT2D eigenvalue weighted by molar-refractivity contribution is -0.0294. The summed E-state index contributed by atoms with van der Waals surface area (Å²) in [6.07, 6.45) is -0.660. The van der Waals surface area contributed by atoms with Crippen molar-refractivity contribution in [3.63, 3.8) is 0 Å². The number of hydrogen-bond acceptors (Lipinski definition) is 13. The lowest BCUT2D eigenvalue weighted by Crippen LogP contribution is -2.28. The van der Waals surface area contributed by atoms with Crippen LogP contribution in [0, 0.1) is 0 Å². The van der Waals surface area contributed by atoms with Crippen LogP contribution in [-0.2, 0) is 37.9 Å². The summed E-state index contributed by atoms with van der Waals surface area (Å²) >= 11 is 7.92. The molecule has 16 heteroatoms. The number of alkyl carbamates (subject to hydrolysis) is 3. The van der Waals surface area contributed by atoms with Crippen LogP contribution in [0.4, 0.5) is 14.4 Å². The Kier molecular flexibility index (Phi) is 33.2. The van der Waals surface area contributed by atoms with Gasteiger partial charge in [0.05, 0.1) is 58.5 Å². The molecule has 3 N–H and O–H groups in total. The van der Waals surface area contributed by atoms with Crippen molar-refractivity contribution >= 4 is 43.5 Å². The van der Waals surface area contributed by atoms with Crippen molar-refractivity contribution in [1.82, 2.24) is 16.0 Å². The summed E-state index contributed by atoms with van der Waals surface area (Å²) in [4.78, 5) is 33.3. The Hall–Kier alpha value is -1.69. The number of methoxy groups -OCH3 is 1. The van der Waals surface area contributed by atoms with Crippen LogP contribution in [0.25, 0.3) is 0 Å². The van der Waals surface area contributed by atoms with E-state index < -0.39 is 18.3 Å². The molecule has 0 aliphatic rings. The van der Waals surface area contributed by atoms with Gasteiger partial charge in [0, 0.05) is 38.2 Å². The van der Waals surface area contributed by atoms with Crippen molar-refractivity contribution in [2.45, 2.75) is 39.4 Å². The van der Waals surface area contributed by atoms with E-state index in [4.69, 9.17) is 37.9 Å². The molecule has 0 rings (SSSR count). The molecule has 0 aliphatic heterocycles. The highest BCUT2D eigenvalue weighted by atomic mass is 32.1. The summed E-state index contributed by atoms with van der Waals surface area (Å²) in [5.74, 6) is 1.11. The maximum absolute atomic E-state index is 11.1. The average Bonchev–Trinajstić information content (AvgIpc) is 2.96. The number of ether oxygens (including phenoxy) is 8. The summed E-state index contributed by atoms with van der Waals surface area (Å²) in [5.41, 5.74) is 0. The van der Waals surface area contributed by atoms with E-state index in [2.05, 4.69) is 41.2 Å². The second kappa shape index (κ2) is 32.8. The third kappa shape index (κ3) is 34.4. The van der Waals surface area contributed by atoms with Crippen molar-refractivity contribution in [3.8, 4) is 0 Å². The standard InChI is InChI=1S/C13H26N2O6S2.C12H25NO5/c1-11(19-6-7-21-13(17)15-3-9-23)10-18-4-5-20-12(16)14-2-8-22;1-4-5-13-12(14)18-9-8-17-11(2)10-16-7-6-15-3/h11,22-23H,2-10H2,1H3,(H,14,16)(H,15,17);11H,4-10H2,1-3H3,(H,13,14). The third-order valence-corrected chi connectivity index (χ3v) is 4.76. The van der Waals surface area contributed by atoms with Gasteiger partial charge in [-0.05, 0) is 20.3 Å². The van der Waals surface area contributed by atoms with Crippen LogP contribution in [0.15, 0.2) is 0 Å². The Balaban J connectivity index is 0. The van der Waals surface area contributed by atoms with Crippen LogP contribution in [0.5, 0.6) is 0 Å². The van der Waals surface area contributed by atoms with E-state index in [9.17, 15) is 14.4 Å². The van der Waals surface area contributed by atoms with E-state index in [1.807, 2.05) is 20.8 Å². The zero-order valence-electron chi connectivity index (χ0n) is 24.9. The van der Waals surface area contributed by atoms with E-state index in [1.54, 1.807) is 7.11 Å². The molecule has 2 atom stereocenters. The van der Waals surface area contributed by atoms with E-state index in [0.29, 0.717) is 64.2 Å². The first-order valence-corrected chi connectivity index (χ1v) is 14.9. The summed E-state index contributed by atoms with van der Waals surface area (Å²) in [7, 11) is 1.63. The molecule has 0 aromatic carbocycles. The summed E-state index contributed by atoms with van der Waals surface area (Å²) in [6, 6.07) is 0. The molecule has 0 spiro atoms. The first-order valence-electron chi connectivity index (χ1n) is 13.6. The fraction of sp³-hybridized carbons (Fsp3) is 0.880. The highest BCUT2D eigenvalue weighted by Gasteiger charge is 2.06. The van der Waals surface area contributed by atoms with Gasteiger partial charge in [0.1, 0.15) is 19.8 Å². The van der Waals surface area contributed by atoms with Crippen molar-refractivity contribution in [2.75, 3.05) is 104 Å². The van der Waals surface area contributed by atoms with Gasteiger partial charge >= 0.3 is 18.3 Å². The number of carbonyl (C=O) groups excluding carboxylic acids is 3. The number of hydrogen-bond donors (Lipinski definition) is 5. The fourth-order valence-corrected chi connectivity index (χ4v) is 2.62. The molecule has 0 aromatic heterocycles. The molecule has 0 fully saturated rings. The van der Waals surface area contributed by atoms with Gasteiger partial charge in [-0.3, -0.25) is 0 Å². The lowest BCUT2D eigenvalue weighted by atomic mass is 10.4. The maximum atomic E-state index is 11.1. The number of thiol groups is 2. The zero-order valence-corrected chi connectivity index (χ0v) is 26.6. The molecule has 14 nitrogen and oxygen atoms in total. The first kappa shape index (κ1) is 41.4. The second-order valence-corrected chi connectivity index (χ2v) is 9.04. The number of amides is 3. The van der Waals surface area contributed by atoms with Gasteiger partial charge in [0.25, 0.3) is 0 Å². The Morgan fingerprint density at radius 1 is 0.610 bits per heavy atom. The molecule has 0 radical (unpaired) electrons. The topological polar surface area (TPSA) is 161 Å². The largest absolute Gasteiger partial charge is 0.447 e. The summed E-state index contributed by atoms with van der Waals surface area (Å²) in [5, 5.41) is 7.65. The quantitative estimate of drug-likeness (QED) is 0.0600. The average molecular weight is 634 g/mol. The Bertz CT molecular complexity index is 625. The first-order chi connectivity index (χ1) is 19.8. The molecule has 0 aromatic rings. The fourth-order valence-electron chi connectivity index (χ4n) is 2.39. The molecule has 0 aliphatic carbocycles. The van der Waals surface area contributed by atoms with Crippen molar-refractivity contribution in [2.24, 2.45) is 0 Å². The number of carbonyl (C=O) groups is 3. The lowest BCUT2D eigenvalue weighted by Gasteiger charge is -2.14. The number of nitrogens with one attached hydrogen (secondary N) is 3. The molecule has 0 bridgehead atoms. The van der Waals surface area contributed by atoms with E-state index in [1.165, 1.54) is 0 Å². The van der Waals surface area contributed by atoms with Crippen LogP contribution in [0.2, 0.25) is 0 Å². The van der Waals surface area contributed by atoms with Crippen LogP contribution < -0.4 is 16.0 Å². The SMILES string of the molecule is CC(COCCOC(=O)NCCS)OCCOC(=O)NCCS.CCCNC(=O)OCCOC(C)COCCOC. The molecule has 0 saturated heterocycles. The molecule has 244 valence electrons. The van der Waals surface area contributed by atoms with Gasteiger partial charge in [-0.2, -0.15) is 25.3 Å². The molecule has 41 heavy (non-hydrogen) atoms. The Morgan fingerprint density at radius 2 is 1.00 bits per heavy atom. The smallest absolute Gasteiger partial charge is 0.407 e. The highest BCUT2D eigenvalue weighted by molar-refractivity contribution is 7.80. The van der Waals surface area contributed by atoms with Gasteiger partial charge in [-0.25, -0.2) is 14.4 Å². The van der Waals surface area contributed by atoms with E-state index >= 15 is 0 Å². The highest BCUT2D eigenvalue weighted by Crippen LogP contribution is 1.94. The number of rotatable bonds is 24. The minimum atomic E-state index is -0.486. The van der Waals surface area contributed by atoms with Crippen LogP contribution in [0.1, 0.15) is 27.2 Å². The molecule has 2 unspecified atom stereocenters. The van der Waals surface area contributed by atoms with Gasteiger partial charge in [0.2, 0.25) is 0 Å². The van der Waals surface area contributed by atoms with Gasteiger partial charge in [-0.15, -0.1) is 0 Å². The predicted octanol–water partition coefficient (Wildman–Crippen LogP) is 1.91. The Labute approximate surface area is 255 Å². The maximum Gasteiger partial charge on any atom is 0.407 e. The summed E-state index contributed by atoms with van der Waals surface area (Å²) < 4.78 is 40.9. The molecular weight excluding hydrogens is 582 g/mol. The van der Waals surface area contributed by atoms with Crippen LogP contribution in [0.3, 0.4) is 0 Å². The van der Waals surface area contributed by atoms with Crippen LogP contribution >= 0.6 is 25.3 Å². The molecule has 0 saturated carbocycles.